The van der Waals surface area contributed by atoms with E-state index < -0.39 is 91.2 Å². The summed E-state index contributed by atoms with van der Waals surface area (Å²) in [5, 5.41) is 5.62. The highest BCUT2D eigenvalue weighted by molar-refractivity contribution is 7.93. The van der Waals surface area contributed by atoms with Crippen molar-refractivity contribution in [2.45, 2.75) is 67.3 Å². The Morgan fingerprint density at radius 2 is 1.73 bits per heavy atom. The Balaban J connectivity index is 1.77. The zero-order chi connectivity index (χ0) is 27.8. The van der Waals surface area contributed by atoms with Crippen LogP contribution in [0, 0.1) is 10.2 Å². The number of aromatic nitrogens is 2. The van der Waals surface area contributed by atoms with Gasteiger partial charge in [0.25, 0.3) is 5.91 Å². The summed E-state index contributed by atoms with van der Waals surface area (Å²) < 4.78 is 143. The molecule has 16 heteroatoms. The van der Waals surface area contributed by atoms with Gasteiger partial charge < -0.3 is 5.32 Å². The lowest BCUT2D eigenvalue weighted by molar-refractivity contribution is -0.160. The topological polar surface area (TPSA) is 87.8 Å². The minimum absolute atomic E-state index is 0.305. The number of hydrogen-bond acceptors (Lipinski definition) is 4. The van der Waals surface area contributed by atoms with Crippen molar-refractivity contribution in [1.82, 2.24) is 9.78 Å². The van der Waals surface area contributed by atoms with Gasteiger partial charge in [-0.25, -0.2) is 22.2 Å². The molecule has 2 aliphatic rings. The molecule has 2 N–H and O–H groups in total. The van der Waals surface area contributed by atoms with E-state index in [-0.39, 0.29) is 12.8 Å². The molecule has 1 amide bonds. The number of halogens is 9. The molecule has 0 aliphatic heterocycles. The number of benzene rings is 1. The highest BCUT2D eigenvalue weighted by Crippen LogP contribution is 2.55. The molecule has 2 aliphatic carbocycles. The van der Waals surface area contributed by atoms with Gasteiger partial charge in [0.2, 0.25) is 5.92 Å². The van der Waals surface area contributed by atoms with E-state index >= 15 is 0 Å². The molecule has 2 aromatic rings. The Morgan fingerprint density at radius 3 is 2.22 bits per heavy atom. The Bertz CT molecular complexity index is 1350. The van der Waals surface area contributed by atoms with Gasteiger partial charge in [0.1, 0.15) is 17.0 Å². The summed E-state index contributed by atoms with van der Waals surface area (Å²) >= 11 is 0. The van der Waals surface area contributed by atoms with E-state index in [0.29, 0.717) is 16.8 Å². The molecule has 0 radical (unpaired) electrons. The van der Waals surface area contributed by atoms with E-state index in [4.69, 9.17) is 4.78 Å². The van der Waals surface area contributed by atoms with Crippen LogP contribution in [0.5, 0.6) is 0 Å². The molecular weight excluding hydrogens is 543 g/mol. The fourth-order valence-electron chi connectivity index (χ4n) is 4.48. The average molecular weight is 562 g/mol. The molecule has 2 saturated carbocycles. The van der Waals surface area contributed by atoms with Crippen molar-refractivity contribution >= 4 is 21.3 Å². The van der Waals surface area contributed by atoms with Crippen molar-refractivity contribution in [3.8, 4) is 0 Å². The third-order valence-electron chi connectivity index (χ3n) is 6.22. The van der Waals surface area contributed by atoms with Crippen molar-refractivity contribution in [1.29, 1.82) is 4.78 Å². The lowest BCUT2D eigenvalue weighted by Crippen LogP contribution is -2.47. The van der Waals surface area contributed by atoms with Crippen molar-refractivity contribution in [2.24, 2.45) is 5.41 Å². The largest absolute Gasteiger partial charge is 0.483 e. The number of hydrogen-bond donors (Lipinski definition) is 2. The van der Waals surface area contributed by atoms with E-state index in [1.165, 1.54) is 6.92 Å². The lowest BCUT2D eigenvalue weighted by atomic mass is 9.67. The number of nitrogens with one attached hydrogen (secondary N) is 2. The number of amides is 1. The lowest BCUT2D eigenvalue weighted by Gasteiger charge is -2.44. The fourth-order valence-corrected chi connectivity index (χ4v) is 5.31. The predicted octanol–water partition coefficient (Wildman–Crippen LogP) is 6.47. The van der Waals surface area contributed by atoms with E-state index in [0.717, 1.165) is 12.1 Å². The number of rotatable bonds is 6. The molecule has 37 heavy (non-hydrogen) atoms. The van der Waals surface area contributed by atoms with Crippen LogP contribution in [-0.2, 0) is 28.1 Å². The first-order valence-corrected chi connectivity index (χ1v) is 12.3. The van der Waals surface area contributed by atoms with E-state index in [9.17, 15) is 48.5 Å². The zero-order valence-corrected chi connectivity index (χ0v) is 19.7. The van der Waals surface area contributed by atoms with Crippen LogP contribution in [0.25, 0.3) is 0 Å². The third-order valence-corrected chi connectivity index (χ3v) is 7.79. The van der Waals surface area contributed by atoms with Gasteiger partial charge in [0, 0.05) is 25.1 Å². The second-order valence-electron chi connectivity index (χ2n) is 9.70. The summed E-state index contributed by atoms with van der Waals surface area (Å²) in [5.74, 6) is -4.62. The number of carbonyl (C=O) groups is 1. The van der Waals surface area contributed by atoms with Crippen LogP contribution in [-0.4, -0.2) is 31.3 Å². The highest BCUT2D eigenvalue weighted by Gasteiger charge is 2.57. The van der Waals surface area contributed by atoms with Crippen LogP contribution >= 0.6 is 0 Å². The molecular formula is C21H19F9N4O2S. The number of carbonyl (C=O) groups excluding carboxylic acids is 1. The second-order valence-corrected chi connectivity index (χ2v) is 11.7. The van der Waals surface area contributed by atoms with Gasteiger partial charge in [-0.3, -0.25) is 9.48 Å². The Morgan fingerprint density at radius 1 is 1.14 bits per heavy atom. The standard InChI is InChI=1S/C21H19F9N4O2S/c1-17(8-19(23,24)9-17)10-34-14(13(20(25,26)27)15(33-34)18(22)5-6-18)16(35)32-11-3-2-4-12(7-11)37(31,36)21(28,29)30/h2-4,7,31H,5-6,8-10H2,1H3,(H,32,35). The van der Waals surface area contributed by atoms with Gasteiger partial charge >= 0.3 is 11.7 Å². The van der Waals surface area contributed by atoms with Crippen LogP contribution in [0.1, 0.15) is 54.4 Å². The summed E-state index contributed by atoms with van der Waals surface area (Å²) in [6, 6.07) is 3.09. The van der Waals surface area contributed by atoms with Gasteiger partial charge in [0.05, 0.1) is 4.90 Å². The van der Waals surface area contributed by atoms with E-state index in [1.54, 1.807) is 0 Å². The SMILES string of the molecule is CC1(Cn2nc(C3(F)CC3)c(C(F)(F)F)c2C(=O)Nc2cccc(S(=N)(=O)C(F)(F)F)c2)CC(F)(F)C1. The van der Waals surface area contributed by atoms with Gasteiger partial charge in [-0.15, -0.1) is 0 Å². The quantitative estimate of drug-likeness (QED) is 0.396. The summed E-state index contributed by atoms with van der Waals surface area (Å²) in [6.07, 6.45) is -7.33. The van der Waals surface area contributed by atoms with Crippen LogP contribution in [0.4, 0.5) is 45.2 Å². The number of nitrogens with zero attached hydrogens (tertiary/aromatic N) is 2. The zero-order valence-electron chi connectivity index (χ0n) is 18.9. The van der Waals surface area contributed by atoms with Crippen molar-refractivity contribution < 1.29 is 48.5 Å². The van der Waals surface area contributed by atoms with Gasteiger partial charge in [-0.1, -0.05) is 13.0 Å². The number of alkyl halides is 9. The van der Waals surface area contributed by atoms with Crippen LogP contribution < -0.4 is 5.32 Å². The first-order chi connectivity index (χ1) is 16.7. The molecule has 0 saturated heterocycles. The molecule has 204 valence electrons. The molecule has 1 atom stereocenters. The summed E-state index contributed by atoms with van der Waals surface area (Å²) in [6.45, 7) is 0.758. The van der Waals surface area contributed by atoms with Gasteiger partial charge in [0.15, 0.2) is 15.4 Å². The van der Waals surface area contributed by atoms with Crippen molar-refractivity contribution in [3.05, 3.63) is 41.2 Å². The average Bonchev–Trinajstić information content (AvgIpc) is 3.32. The van der Waals surface area contributed by atoms with Gasteiger partial charge in [-0.05, 0) is 36.5 Å². The molecule has 1 aromatic heterocycles. The first kappa shape index (κ1) is 27.3. The maximum absolute atomic E-state index is 14.9. The smallest absolute Gasteiger partial charge is 0.321 e. The molecule has 0 spiro atoms. The fraction of sp³-hybridized carbons (Fsp3) is 0.524. The highest BCUT2D eigenvalue weighted by atomic mass is 32.2. The molecule has 0 bridgehead atoms. The molecule has 2 fully saturated rings. The Hall–Kier alpha value is -2.78. The van der Waals surface area contributed by atoms with Crippen molar-refractivity contribution in [2.75, 3.05) is 5.32 Å². The predicted molar refractivity (Wildman–Crippen MR) is 111 cm³/mol. The Kier molecular flexibility index (Phi) is 5.97. The van der Waals surface area contributed by atoms with Crippen LogP contribution in [0.3, 0.4) is 0 Å². The minimum atomic E-state index is -5.47. The maximum atomic E-state index is 14.9. The van der Waals surface area contributed by atoms with Gasteiger partial charge in [-0.2, -0.15) is 31.4 Å². The maximum Gasteiger partial charge on any atom is 0.483 e. The normalized spacial score (nSPS) is 21.6. The van der Waals surface area contributed by atoms with E-state index in [1.807, 2.05) is 5.32 Å². The molecule has 1 aromatic carbocycles. The Labute approximate surface area is 204 Å². The minimum Gasteiger partial charge on any atom is -0.321 e. The summed E-state index contributed by atoms with van der Waals surface area (Å²) in [7, 11) is -5.35. The second kappa shape index (κ2) is 8.11. The van der Waals surface area contributed by atoms with E-state index in [2.05, 4.69) is 5.10 Å². The molecule has 6 nitrogen and oxygen atoms in total. The van der Waals surface area contributed by atoms with Crippen LogP contribution in [0.2, 0.25) is 0 Å². The monoisotopic (exact) mass is 562 g/mol. The third kappa shape index (κ3) is 5.03. The van der Waals surface area contributed by atoms with Crippen molar-refractivity contribution in [3.63, 3.8) is 0 Å². The molecule has 1 heterocycles. The number of anilines is 1. The summed E-state index contributed by atoms with van der Waals surface area (Å²) in [4.78, 5) is 12.0. The van der Waals surface area contributed by atoms with Crippen LogP contribution in [0.15, 0.2) is 29.2 Å². The summed E-state index contributed by atoms with van der Waals surface area (Å²) in [5.41, 5.74) is -13.7. The molecule has 4 rings (SSSR count). The molecule has 1 unspecified atom stereocenters. The first-order valence-electron chi connectivity index (χ1n) is 10.7.